The van der Waals surface area contributed by atoms with Crippen LogP contribution in [-0.4, -0.2) is 55.2 Å². The third kappa shape index (κ3) is 5.10. The van der Waals surface area contributed by atoms with Gasteiger partial charge in [0.1, 0.15) is 0 Å². The van der Waals surface area contributed by atoms with Crippen LogP contribution in [0.15, 0.2) is 24.3 Å². The highest BCUT2D eigenvalue weighted by Crippen LogP contribution is 2.26. The maximum atomic E-state index is 12.1. The molecule has 1 aromatic rings. The fraction of sp³-hybridized carbons (Fsp3) is 0.471. The first kappa shape index (κ1) is 18.6. The second kappa shape index (κ2) is 8.91. The summed E-state index contributed by atoms with van der Waals surface area (Å²) >= 11 is 0. The van der Waals surface area contributed by atoms with Crippen molar-refractivity contribution in [2.75, 3.05) is 26.3 Å². The van der Waals surface area contributed by atoms with E-state index in [1.807, 2.05) is 6.92 Å². The van der Waals surface area contributed by atoms with E-state index in [1.165, 1.54) is 6.92 Å². The Morgan fingerprint density at radius 3 is 2.52 bits per heavy atom. The minimum Gasteiger partial charge on any atom is -0.490 e. The van der Waals surface area contributed by atoms with Crippen LogP contribution in [0, 0.1) is 0 Å². The number of esters is 1. The van der Waals surface area contributed by atoms with Crippen molar-refractivity contribution in [1.82, 2.24) is 10.2 Å². The summed E-state index contributed by atoms with van der Waals surface area (Å²) in [4.78, 5) is 36.4. The Morgan fingerprint density at radius 2 is 1.92 bits per heavy atom. The number of benzene rings is 1. The van der Waals surface area contributed by atoms with E-state index in [0.717, 1.165) is 11.3 Å². The Labute approximate surface area is 146 Å². The largest absolute Gasteiger partial charge is 0.490 e. The summed E-state index contributed by atoms with van der Waals surface area (Å²) in [6, 6.07) is 6.51. The lowest BCUT2D eigenvalue weighted by Crippen LogP contribution is -2.42. The summed E-state index contributed by atoms with van der Waals surface area (Å²) in [7, 11) is 0. The Kier molecular flexibility index (Phi) is 6.62. The second-order valence-electron chi connectivity index (χ2n) is 5.44. The van der Waals surface area contributed by atoms with E-state index in [0.29, 0.717) is 24.7 Å². The van der Waals surface area contributed by atoms with Gasteiger partial charge in [-0.1, -0.05) is 19.1 Å². The zero-order valence-corrected chi connectivity index (χ0v) is 14.3. The smallest absolute Gasteiger partial charge is 0.344 e. The zero-order valence-electron chi connectivity index (χ0n) is 14.3. The molecule has 136 valence electrons. The SMILES string of the molecule is CCCOc1ccccc1OCC(=O)O[C@@H](C)C(=O)N1CCNC1=O. The molecule has 3 amide bonds. The number of carbonyl (C=O) groups is 3. The molecule has 1 fully saturated rings. The average molecular weight is 350 g/mol. The van der Waals surface area contributed by atoms with E-state index in [1.54, 1.807) is 24.3 Å². The van der Waals surface area contributed by atoms with E-state index in [2.05, 4.69) is 5.32 Å². The molecule has 1 aliphatic rings. The molecular formula is C17H22N2O6. The summed E-state index contributed by atoms with van der Waals surface area (Å²) < 4.78 is 16.0. The van der Waals surface area contributed by atoms with Crippen LogP contribution in [-0.2, 0) is 14.3 Å². The number of rotatable bonds is 8. The lowest BCUT2D eigenvalue weighted by Gasteiger charge is -2.18. The van der Waals surface area contributed by atoms with Gasteiger partial charge in [0.15, 0.2) is 24.2 Å². The number of amides is 3. The number of carbonyl (C=O) groups excluding carboxylic acids is 3. The molecule has 1 aliphatic heterocycles. The van der Waals surface area contributed by atoms with E-state index in [9.17, 15) is 14.4 Å². The van der Waals surface area contributed by atoms with Crippen LogP contribution in [0.2, 0.25) is 0 Å². The summed E-state index contributed by atoms with van der Waals surface area (Å²) in [5.41, 5.74) is 0. The third-order valence-electron chi connectivity index (χ3n) is 3.44. The van der Waals surface area contributed by atoms with E-state index < -0.39 is 24.0 Å². The minimum absolute atomic E-state index is 0.262. The highest BCUT2D eigenvalue weighted by molar-refractivity contribution is 5.98. The van der Waals surface area contributed by atoms with Gasteiger partial charge in [0, 0.05) is 13.1 Å². The molecule has 1 atom stereocenters. The van der Waals surface area contributed by atoms with E-state index >= 15 is 0 Å². The molecule has 2 rings (SSSR count). The predicted molar refractivity (Wildman–Crippen MR) is 88.4 cm³/mol. The lowest BCUT2D eigenvalue weighted by atomic mass is 10.3. The standard InChI is InChI=1S/C17H22N2O6/c1-3-10-23-13-6-4-5-7-14(13)24-11-15(20)25-12(2)16(21)19-9-8-18-17(19)22/h4-7,12H,3,8-11H2,1-2H3,(H,18,22)/t12-/m0/s1. The van der Waals surface area contributed by atoms with Crippen LogP contribution in [0.25, 0.3) is 0 Å². The molecule has 1 heterocycles. The van der Waals surface area contributed by atoms with E-state index in [-0.39, 0.29) is 13.2 Å². The van der Waals surface area contributed by atoms with Gasteiger partial charge >= 0.3 is 12.0 Å². The zero-order chi connectivity index (χ0) is 18.2. The average Bonchev–Trinajstić information content (AvgIpc) is 3.04. The number of hydrogen-bond donors (Lipinski definition) is 1. The highest BCUT2D eigenvalue weighted by atomic mass is 16.6. The Morgan fingerprint density at radius 1 is 1.24 bits per heavy atom. The van der Waals surface area contributed by atoms with Gasteiger partial charge in [-0.2, -0.15) is 0 Å². The van der Waals surface area contributed by atoms with Crippen molar-refractivity contribution in [3.05, 3.63) is 24.3 Å². The van der Waals surface area contributed by atoms with Crippen LogP contribution in [0.3, 0.4) is 0 Å². The molecule has 0 radical (unpaired) electrons. The molecule has 1 aromatic carbocycles. The molecule has 0 spiro atoms. The predicted octanol–water partition coefficient (Wildman–Crippen LogP) is 1.34. The first-order valence-corrected chi connectivity index (χ1v) is 8.16. The van der Waals surface area contributed by atoms with E-state index in [4.69, 9.17) is 14.2 Å². The van der Waals surface area contributed by atoms with Crippen LogP contribution in [0.1, 0.15) is 20.3 Å². The number of urea groups is 1. The van der Waals surface area contributed by atoms with Crippen LogP contribution < -0.4 is 14.8 Å². The Bertz CT molecular complexity index is 633. The lowest BCUT2D eigenvalue weighted by molar-refractivity contribution is -0.159. The highest BCUT2D eigenvalue weighted by Gasteiger charge is 2.31. The normalized spacial score (nSPS) is 14.6. The summed E-state index contributed by atoms with van der Waals surface area (Å²) in [6.45, 7) is 4.23. The number of hydrogen-bond acceptors (Lipinski definition) is 6. The first-order valence-electron chi connectivity index (χ1n) is 8.16. The maximum Gasteiger partial charge on any atom is 0.344 e. The Hall–Kier alpha value is -2.77. The van der Waals surface area contributed by atoms with Gasteiger partial charge in [-0.25, -0.2) is 9.59 Å². The molecule has 0 unspecified atom stereocenters. The van der Waals surface area contributed by atoms with Crippen molar-refractivity contribution in [3.8, 4) is 11.5 Å². The fourth-order valence-corrected chi connectivity index (χ4v) is 2.22. The van der Waals surface area contributed by atoms with Crippen LogP contribution in [0.4, 0.5) is 4.79 Å². The number of para-hydroxylation sites is 2. The number of imide groups is 1. The van der Waals surface area contributed by atoms with Gasteiger partial charge in [-0.15, -0.1) is 0 Å². The van der Waals surface area contributed by atoms with Crippen molar-refractivity contribution < 1.29 is 28.6 Å². The summed E-state index contributed by atoms with van der Waals surface area (Å²) in [5, 5.41) is 2.52. The van der Waals surface area contributed by atoms with Crippen molar-refractivity contribution >= 4 is 17.9 Å². The van der Waals surface area contributed by atoms with Gasteiger partial charge in [0.05, 0.1) is 6.61 Å². The van der Waals surface area contributed by atoms with Gasteiger partial charge in [0.2, 0.25) is 0 Å². The van der Waals surface area contributed by atoms with Gasteiger partial charge < -0.3 is 19.5 Å². The molecule has 1 N–H and O–H groups in total. The summed E-state index contributed by atoms with van der Waals surface area (Å²) in [6.07, 6.45) is -0.216. The maximum absolute atomic E-state index is 12.1. The monoisotopic (exact) mass is 350 g/mol. The van der Waals surface area contributed by atoms with Crippen LogP contribution >= 0.6 is 0 Å². The quantitative estimate of drug-likeness (QED) is 0.711. The first-order chi connectivity index (χ1) is 12.0. The topological polar surface area (TPSA) is 94.2 Å². The molecule has 8 heteroatoms. The molecule has 8 nitrogen and oxygen atoms in total. The third-order valence-corrected chi connectivity index (χ3v) is 3.44. The molecular weight excluding hydrogens is 328 g/mol. The second-order valence-corrected chi connectivity index (χ2v) is 5.44. The molecule has 0 saturated carbocycles. The molecule has 25 heavy (non-hydrogen) atoms. The Balaban J connectivity index is 1.84. The molecule has 0 bridgehead atoms. The van der Waals surface area contributed by atoms with Gasteiger partial charge in [-0.3, -0.25) is 9.69 Å². The molecule has 0 aromatic heterocycles. The molecule has 1 saturated heterocycles. The number of nitrogens with zero attached hydrogens (tertiary/aromatic N) is 1. The van der Waals surface area contributed by atoms with Crippen molar-refractivity contribution in [2.24, 2.45) is 0 Å². The number of ether oxygens (including phenoxy) is 3. The minimum atomic E-state index is -1.06. The van der Waals surface area contributed by atoms with Crippen molar-refractivity contribution in [2.45, 2.75) is 26.4 Å². The fourth-order valence-electron chi connectivity index (χ4n) is 2.22. The van der Waals surface area contributed by atoms with Crippen LogP contribution in [0.5, 0.6) is 11.5 Å². The van der Waals surface area contributed by atoms with Gasteiger partial charge in [-0.05, 0) is 25.5 Å². The number of nitrogens with one attached hydrogen (secondary N) is 1. The molecule has 0 aliphatic carbocycles. The van der Waals surface area contributed by atoms with Crippen molar-refractivity contribution in [3.63, 3.8) is 0 Å². The van der Waals surface area contributed by atoms with Crippen molar-refractivity contribution in [1.29, 1.82) is 0 Å². The summed E-state index contributed by atoms with van der Waals surface area (Å²) in [5.74, 6) is -0.304. The van der Waals surface area contributed by atoms with Gasteiger partial charge in [0.25, 0.3) is 5.91 Å².